The molecular formula is C22H23N3O. The highest BCUT2D eigenvalue weighted by Gasteiger charge is 2.14. The van der Waals surface area contributed by atoms with Gasteiger partial charge in [-0.25, -0.2) is 0 Å². The predicted molar refractivity (Wildman–Crippen MR) is 108 cm³/mol. The van der Waals surface area contributed by atoms with Crippen molar-refractivity contribution in [2.45, 2.75) is 27.3 Å². The monoisotopic (exact) mass is 345 g/mol. The second-order valence-corrected chi connectivity index (χ2v) is 5.76. The summed E-state index contributed by atoms with van der Waals surface area (Å²) in [4.78, 5) is 11.2. The fourth-order valence-corrected chi connectivity index (χ4v) is 3.00. The second-order valence-electron chi connectivity index (χ2n) is 5.76. The van der Waals surface area contributed by atoms with Gasteiger partial charge in [-0.1, -0.05) is 43.7 Å². The fraction of sp³-hybridized carbons (Fsp3) is 0.182. The molecule has 4 heteroatoms. The minimum absolute atomic E-state index is 0. The van der Waals surface area contributed by atoms with E-state index in [-0.39, 0.29) is 19.8 Å². The summed E-state index contributed by atoms with van der Waals surface area (Å²) >= 11 is 0. The molecule has 0 radical (unpaired) electrons. The largest absolute Gasteiger partial charge is 0.369 e. The molecule has 1 aromatic heterocycles. The van der Waals surface area contributed by atoms with Crippen molar-refractivity contribution in [3.63, 3.8) is 0 Å². The first-order valence-corrected chi connectivity index (χ1v) is 8.15. The summed E-state index contributed by atoms with van der Waals surface area (Å²) in [5.74, 6) is 6.03. The number of carbonyl (C=O) groups is 1. The third kappa shape index (κ3) is 3.68. The maximum Gasteiger partial charge on any atom is 0.221 e. The molecule has 0 atom stereocenters. The van der Waals surface area contributed by atoms with Crippen LogP contribution in [0.2, 0.25) is 0 Å². The third-order valence-corrected chi connectivity index (χ3v) is 4.11. The molecule has 0 aliphatic heterocycles. The van der Waals surface area contributed by atoms with Crippen LogP contribution in [0.15, 0.2) is 48.5 Å². The van der Waals surface area contributed by atoms with Crippen molar-refractivity contribution in [2.24, 2.45) is 5.73 Å². The molecule has 0 unspecified atom stereocenters. The highest BCUT2D eigenvalue weighted by Crippen LogP contribution is 2.26. The number of carbonyl (C=O) groups excluding carboxylic acids is 1. The Bertz CT molecular complexity index is 1000. The highest BCUT2D eigenvalue weighted by molar-refractivity contribution is 6.02. The highest BCUT2D eigenvalue weighted by atomic mass is 16.1. The van der Waals surface area contributed by atoms with Crippen molar-refractivity contribution in [1.82, 2.24) is 4.57 Å². The van der Waals surface area contributed by atoms with E-state index in [0.717, 1.165) is 39.8 Å². The van der Waals surface area contributed by atoms with Gasteiger partial charge in [0.05, 0.1) is 6.42 Å². The topological polar surface area (TPSA) is 71.9 Å². The number of hydrogen-bond acceptors (Lipinski definition) is 2. The lowest BCUT2D eigenvalue weighted by Gasteiger charge is -2.04. The van der Waals surface area contributed by atoms with Gasteiger partial charge < -0.3 is 15.7 Å². The van der Waals surface area contributed by atoms with Crippen molar-refractivity contribution < 1.29 is 4.79 Å². The quantitative estimate of drug-likeness (QED) is 0.549. The van der Waals surface area contributed by atoms with E-state index in [1.54, 1.807) is 0 Å². The minimum Gasteiger partial charge on any atom is -0.369 e. The average Bonchev–Trinajstić information content (AvgIpc) is 2.92. The SMILES string of the molecule is C.CCn1c(C#Cc2ccccc2)c(C=N)c2ccc(CC(N)=O)cc21. The summed E-state index contributed by atoms with van der Waals surface area (Å²) in [5, 5.41) is 8.79. The molecule has 0 saturated carbocycles. The Morgan fingerprint density at radius 1 is 1.19 bits per heavy atom. The third-order valence-electron chi connectivity index (χ3n) is 4.11. The lowest BCUT2D eigenvalue weighted by atomic mass is 10.1. The van der Waals surface area contributed by atoms with E-state index in [9.17, 15) is 4.79 Å². The minimum atomic E-state index is -0.356. The molecule has 0 bridgehead atoms. The van der Waals surface area contributed by atoms with Crippen LogP contribution in [0, 0.1) is 17.3 Å². The number of aromatic nitrogens is 1. The molecule has 1 amide bonds. The van der Waals surface area contributed by atoms with E-state index >= 15 is 0 Å². The van der Waals surface area contributed by atoms with Crippen LogP contribution >= 0.6 is 0 Å². The van der Waals surface area contributed by atoms with Gasteiger partial charge in [0.2, 0.25) is 5.91 Å². The van der Waals surface area contributed by atoms with E-state index in [2.05, 4.69) is 16.4 Å². The van der Waals surface area contributed by atoms with Crippen molar-refractivity contribution in [3.8, 4) is 11.8 Å². The number of amides is 1. The zero-order valence-electron chi connectivity index (χ0n) is 14.0. The standard InChI is InChI=1S/C21H19N3O.CH4/c1-2-24-19(11-9-15-6-4-3-5-7-15)18(14-22)17-10-8-16(12-20(17)24)13-21(23)25;/h3-8,10,12,14,22H,2,13H2,1H3,(H2,23,25);1H4. The molecule has 0 aliphatic rings. The van der Waals surface area contributed by atoms with Crippen LogP contribution in [0.25, 0.3) is 10.9 Å². The first-order chi connectivity index (χ1) is 12.1. The van der Waals surface area contributed by atoms with Crippen LogP contribution < -0.4 is 5.73 Å². The Morgan fingerprint density at radius 3 is 2.54 bits per heavy atom. The molecule has 0 aliphatic carbocycles. The number of benzene rings is 2. The Balaban J connectivity index is 0.00000243. The van der Waals surface area contributed by atoms with Gasteiger partial charge in [-0.15, -0.1) is 0 Å². The average molecular weight is 345 g/mol. The Kier molecular flexibility index (Phi) is 5.98. The van der Waals surface area contributed by atoms with Gasteiger partial charge in [0, 0.05) is 34.8 Å². The molecule has 3 aromatic rings. The van der Waals surface area contributed by atoms with Crippen LogP contribution in [0.3, 0.4) is 0 Å². The molecule has 2 aromatic carbocycles. The van der Waals surface area contributed by atoms with E-state index in [0.29, 0.717) is 0 Å². The molecule has 0 saturated heterocycles. The summed E-state index contributed by atoms with van der Waals surface area (Å²) < 4.78 is 2.08. The molecule has 4 nitrogen and oxygen atoms in total. The Labute approximate surface area is 154 Å². The van der Waals surface area contributed by atoms with Gasteiger partial charge in [0.1, 0.15) is 5.69 Å². The van der Waals surface area contributed by atoms with Crippen molar-refractivity contribution in [3.05, 3.63) is 70.9 Å². The zero-order valence-corrected chi connectivity index (χ0v) is 14.0. The summed E-state index contributed by atoms with van der Waals surface area (Å²) in [6.45, 7) is 2.77. The number of hydrogen-bond donors (Lipinski definition) is 2. The molecule has 132 valence electrons. The normalized spacial score (nSPS) is 9.88. The summed E-state index contributed by atoms with van der Waals surface area (Å²) in [6, 6.07) is 15.6. The van der Waals surface area contributed by atoms with E-state index in [4.69, 9.17) is 11.1 Å². The van der Waals surface area contributed by atoms with E-state index in [1.165, 1.54) is 6.21 Å². The number of fused-ring (bicyclic) bond motifs is 1. The van der Waals surface area contributed by atoms with Gasteiger partial charge in [-0.3, -0.25) is 4.79 Å². The van der Waals surface area contributed by atoms with Gasteiger partial charge in [-0.2, -0.15) is 0 Å². The number of nitrogens with two attached hydrogens (primary N) is 1. The smallest absolute Gasteiger partial charge is 0.221 e. The number of aryl methyl sites for hydroxylation is 1. The lowest BCUT2D eigenvalue weighted by molar-refractivity contribution is -0.117. The van der Waals surface area contributed by atoms with Gasteiger partial charge in [-0.05, 0) is 36.6 Å². The van der Waals surface area contributed by atoms with E-state index in [1.807, 2.05) is 55.5 Å². The van der Waals surface area contributed by atoms with Crippen molar-refractivity contribution in [2.75, 3.05) is 0 Å². The first-order valence-electron chi connectivity index (χ1n) is 8.15. The lowest BCUT2D eigenvalue weighted by Crippen LogP contribution is -2.13. The maximum absolute atomic E-state index is 11.2. The van der Waals surface area contributed by atoms with Crippen LogP contribution in [-0.4, -0.2) is 16.7 Å². The fourth-order valence-electron chi connectivity index (χ4n) is 3.00. The van der Waals surface area contributed by atoms with Crippen LogP contribution in [0.5, 0.6) is 0 Å². The van der Waals surface area contributed by atoms with Crippen molar-refractivity contribution in [1.29, 1.82) is 5.41 Å². The molecule has 1 heterocycles. The van der Waals surface area contributed by atoms with Crippen LogP contribution in [0.1, 0.15) is 36.7 Å². The maximum atomic E-state index is 11.2. The predicted octanol–water partition coefficient (Wildman–Crippen LogP) is 3.72. The Hall–Kier alpha value is -3.32. The summed E-state index contributed by atoms with van der Waals surface area (Å²) in [6.07, 6.45) is 1.55. The number of rotatable bonds is 4. The first kappa shape index (κ1) is 19.0. The molecule has 26 heavy (non-hydrogen) atoms. The summed E-state index contributed by atoms with van der Waals surface area (Å²) in [5.41, 5.74) is 9.69. The molecule has 0 spiro atoms. The molecule has 3 N–H and O–H groups in total. The number of nitrogens with zero attached hydrogens (tertiary/aromatic N) is 1. The van der Waals surface area contributed by atoms with Crippen molar-refractivity contribution >= 4 is 23.0 Å². The van der Waals surface area contributed by atoms with E-state index < -0.39 is 0 Å². The number of nitrogens with one attached hydrogen (secondary N) is 1. The van der Waals surface area contributed by atoms with Crippen LogP contribution in [0.4, 0.5) is 0 Å². The Morgan fingerprint density at radius 2 is 1.92 bits per heavy atom. The molecule has 3 rings (SSSR count). The second kappa shape index (κ2) is 8.17. The van der Waals surface area contributed by atoms with Gasteiger partial charge >= 0.3 is 0 Å². The number of primary amides is 1. The van der Waals surface area contributed by atoms with Gasteiger partial charge in [0.15, 0.2) is 0 Å². The molecular weight excluding hydrogens is 322 g/mol. The van der Waals surface area contributed by atoms with Gasteiger partial charge in [0.25, 0.3) is 0 Å². The molecule has 0 fully saturated rings. The zero-order chi connectivity index (χ0) is 17.8. The summed E-state index contributed by atoms with van der Waals surface area (Å²) in [7, 11) is 0. The van der Waals surface area contributed by atoms with Crippen LogP contribution in [-0.2, 0) is 17.8 Å².